The molecule has 0 aliphatic rings. The Morgan fingerprint density at radius 1 is 0.826 bits per heavy atom. The van der Waals surface area contributed by atoms with E-state index < -0.39 is 61.3 Å². The summed E-state index contributed by atoms with van der Waals surface area (Å²) in [6.07, 6.45) is -12.1. The molecule has 4 unspecified atom stereocenters. The molecule has 0 aromatic rings. The van der Waals surface area contributed by atoms with Crippen molar-refractivity contribution >= 4 is 20.2 Å². The SMILES string of the molecule is CCC(C(C)C(C(F)(F)F)S(=O)(=O)O)C(C(F)(F)F)S(=O)(=O)O. The summed E-state index contributed by atoms with van der Waals surface area (Å²) < 4.78 is 138. The van der Waals surface area contributed by atoms with Crippen molar-refractivity contribution in [3.8, 4) is 0 Å². The van der Waals surface area contributed by atoms with E-state index in [0.717, 1.165) is 6.92 Å². The molecule has 0 bridgehead atoms. The zero-order chi connectivity index (χ0) is 19.0. The van der Waals surface area contributed by atoms with Gasteiger partial charge in [-0.2, -0.15) is 43.2 Å². The lowest BCUT2D eigenvalue weighted by molar-refractivity contribution is -0.162. The third-order valence-electron chi connectivity index (χ3n) is 3.30. The van der Waals surface area contributed by atoms with Crippen LogP contribution < -0.4 is 0 Å². The quantitative estimate of drug-likeness (QED) is 0.527. The van der Waals surface area contributed by atoms with Crippen LogP contribution in [0.1, 0.15) is 20.3 Å². The Morgan fingerprint density at radius 2 is 1.13 bits per heavy atom. The van der Waals surface area contributed by atoms with Crippen molar-refractivity contribution < 1.29 is 52.3 Å². The molecular formula is C9H14F6O6S2. The number of alkyl halides is 6. The summed E-state index contributed by atoms with van der Waals surface area (Å²) in [6.45, 7) is 1.30. The number of hydrogen-bond donors (Lipinski definition) is 2. The molecule has 0 heterocycles. The average molecular weight is 396 g/mol. The first-order valence-electron chi connectivity index (χ1n) is 5.91. The van der Waals surface area contributed by atoms with Crippen LogP contribution in [0.15, 0.2) is 0 Å². The lowest BCUT2D eigenvalue weighted by Crippen LogP contribution is -2.51. The van der Waals surface area contributed by atoms with E-state index in [1.807, 2.05) is 0 Å². The fraction of sp³-hybridized carbons (Fsp3) is 1.00. The van der Waals surface area contributed by atoms with Crippen molar-refractivity contribution in [2.45, 2.75) is 43.1 Å². The molecule has 0 fully saturated rings. The third-order valence-corrected chi connectivity index (χ3v) is 5.90. The van der Waals surface area contributed by atoms with Crippen molar-refractivity contribution in [1.82, 2.24) is 0 Å². The van der Waals surface area contributed by atoms with Crippen molar-refractivity contribution in [1.29, 1.82) is 0 Å². The smallest absolute Gasteiger partial charge is 0.285 e. The highest BCUT2D eigenvalue weighted by molar-refractivity contribution is 7.86. The van der Waals surface area contributed by atoms with E-state index in [-0.39, 0.29) is 0 Å². The molecule has 0 radical (unpaired) electrons. The van der Waals surface area contributed by atoms with Gasteiger partial charge >= 0.3 is 12.4 Å². The topological polar surface area (TPSA) is 109 Å². The maximum Gasteiger partial charge on any atom is 0.408 e. The molecule has 14 heteroatoms. The van der Waals surface area contributed by atoms with Gasteiger partial charge in [-0.15, -0.1) is 0 Å². The molecule has 4 atom stereocenters. The average Bonchev–Trinajstić information content (AvgIpc) is 2.16. The lowest BCUT2D eigenvalue weighted by Gasteiger charge is -2.34. The molecule has 2 N–H and O–H groups in total. The summed E-state index contributed by atoms with van der Waals surface area (Å²) in [5.74, 6) is -4.96. The number of halogens is 6. The maximum atomic E-state index is 12.8. The largest absolute Gasteiger partial charge is 0.408 e. The Bertz CT molecular complexity index is 607. The van der Waals surface area contributed by atoms with Crippen LogP contribution in [0.25, 0.3) is 0 Å². The Balaban J connectivity index is 6.21. The Morgan fingerprint density at radius 3 is 1.30 bits per heavy atom. The van der Waals surface area contributed by atoms with Crippen LogP contribution in [0.3, 0.4) is 0 Å². The number of rotatable bonds is 6. The fourth-order valence-corrected chi connectivity index (χ4v) is 4.76. The summed E-state index contributed by atoms with van der Waals surface area (Å²) >= 11 is 0. The van der Waals surface area contributed by atoms with Gasteiger partial charge in [-0.05, 0) is 11.8 Å². The molecule has 0 rings (SSSR count). The molecule has 0 aromatic heterocycles. The first-order chi connectivity index (χ1) is 9.85. The second kappa shape index (κ2) is 6.72. The van der Waals surface area contributed by atoms with Crippen LogP contribution >= 0.6 is 0 Å². The van der Waals surface area contributed by atoms with E-state index >= 15 is 0 Å². The van der Waals surface area contributed by atoms with E-state index in [1.54, 1.807) is 0 Å². The molecule has 23 heavy (non-hydrogen) atoms. The first-order valence-corrected chi connectivity index (χ1v) is 8.91. The van der Waals surface area contributed by atoms with Gasteiger partial charge in [0.2, 0.25) is 0 Å². The van der Waals surface area contributed by atoms with Crippen LogP contribution in [-0.4, -0.2) is 48.8 Å². The second-order valence-corrected chi connectivity index (χ2v) is 7.96. The normalized spacial score (nSPS) is 19.9. The van der Waals surface area contributed by atoms with Crippen molar-refractivity contribution in [2.75, 3.05) is 0 Å². The fourth-order valence-electron chi connectivity index (χ4n) is 2.46. The summed E-state index contributed by atoms with van der Waals surface area (Å²) in [7, 11) is -11.7. The molecule has 6 nitrogen and oxygen atoms in total. The molecule has 0 aromatic carbocycles. The minimum atomic E-state index is -5.87. The summed E-state index contributed by atoms with van der Waals surface area (Å²) in [6, 6.07) is 0. The highest BCUT2D eigenvalue weighted by Crippen LogP contribution is 2.42. The van der Waals surface area contributed by atoms with Crippen LogP contribution in [0.4, 0.5) is 26.3 Å². The monoisotopic (exact) mass is 396 g/mol. The zero-order valence-corrected chi connectivity index (χ0v) is 13.3. The van der Waals surface area contributed by atoms with Gasteiger partial charge < -0.3 is 0 Å². The molecule has 0 saturated carbocycles. The molecule has 0 aliphatic carbocycles. The minimum absolute atomic E-state index is 0.407. The molecule has 0 aliphatic heterocycles. The van der Waals surface area contributed by atoms with Gasteiger partial charge in [0.1, 0.15) is 0 Å². The Labute approximate surface area is 128 Å². The van der Waals surface area contributed by atoms with Crippen molar-refractivity contribution in [3.05, 3.63) is 0 Å². The Kier molecular flexibility index (Phi) is 6.55. The van der Waals surface area contributed by atoms with E-state index in [2.05, 4.69) is 0 Å². The van der Waals surface area contributed by atoms with Crippen molar-refractivity contribution in [2.24, 2.45) is 11.8 Å². The van der Waals surface area contributed by atoms with Gasteiger partial charge in [-0.25, -0.2) is 0 Å². The maximum absolute atomic E-state index is 12.8. The third kappa shape index (κ3) is 5.76. The molecule has 0 spiro atoms. The minimum Gasteiger partial charge on any atom is -0.285 e. The van der Waals surface area contributed by atoms with Crippen LogP contribution in [0, 0.1) is 11.8 Å². The van der Waals surface area contributed by atoms with Gasteiger partial charge in [-0.3, -0.25) is 9.11 Å². The van der Waals surface area contributed by atoms with Gasteiger partial charge in [0, 0.05) is 0 Å². The van der Waals surface area contributed by atoms with Gasteiger partial charge in [0.25, 0.3) is 20.2 Å². The second-order valence-electron chi connectivity index (χ2n) is 4.89. The zero-order valence-electron chi connectivity index (χ0n) is 11.6. The van der Waals surface area contributed by atoms with Gasteiger partial charge in [0.15, 0.2) is 10.5 Å². The highest BCUT2D eigenvalue weighted by Gasteiger charge is 2.59. The molecule has 0 saturated heterocycles. The summed E-state index contributed by atoms with van der Waals surface area (Å²) in [5, 5.41) is -7.26. The number of hydrogen-bond acceptors (Lipinski definition) is 4. The van der Waals surface area contributed by atoms with Crippen LogP contribution in [-0.2, 0) is 20.2 Å². The Hall–Kier alpha value is -0.600. The standard InChI is InChI=1S/C9H14F6O6S2/c1-3-5(7(9(13,14)15)23(19,20)21)4(2)6(8(10,11)12)22(16,17)18/h4-7H,3H2,1-2H3,(H,16,17,18)(H,19,20,21). The predicted molar refractivity (Wildman–Crippen MR) is 65.7 cm³/mol. The molecular weight excluding hydrogens is 382 g/mol. The van der Waals surface area contributed by atoms with Gasteiger partial charge in [-0.1, -0.05) is 20.3 Å². The van der Waals surface area contributed by atoms with Crippen molar-refractivity contribution in [3.63, 3.8) is 0 Å². The van der Waals surface area contributed by atoms with Gasteiger partial charge in [0.05, 0.1) is 0 Å². The van der Waals surface area contributed by atoms with E-state index in [0.29, 0.717) is 6.92 Å². The molecule has 0 amide bonds. The van der Waals surface area contributed by atoms with Crippen LogP contribution in [0.2, 0.25) is 0 Å². The highest BCUT2D eigenvalue weighted by atomic mass is 32.2. The summed E-state index contributed by atoms with van der Waals surface area (Å²) in [5.41, 5.74) is 0. The molecule has 140 valence electrons. The van der Waals surface area contributed by atoms with Crippen LogP contribution in [0.5, 0.6) is 0 Å². The predicted octanol–water partition coefficient (Wildman–Crippen LogP) is 2.29. The van der Waals surface area contributed by atoms with E-state index in [1.165, 1.54) is 0 Å². The summed E-state index contributed by atoms with van der Waals surface area (Å²) in [4.78, 5) is 0. The first kappa shape index (κ1) is 22.4. The van der Waals surface area contributed by atoms with E-state index in [9.17, 15) is 43.2 Å². The lowest BCUT2D eigenvalue weighted by atomic mass is 9.85. The van der Waals surface area contributed by atoms with E-state index in [4.69, 9.17) is 9.11 Å².